The lowest BCUT2D eigenvalue weighted by molar-refractivity contribution is 0.121. The van der Waals surface area contributed by atoms with Gasteiger partial charge in [0.05, 0.1) is 19.3 Å². The number of anilines is 1. The van der Waals surface area contributed by atoms with Gasteiger partial charge in [0.25, 0.3) is 0 Å². The lowest BCUT2D eigenvalue weighted by Gasteiger charge is -2.13. The molecular formula is C13H20N2O3. The van der Waals surface area contributed by atoms with Gasteiger partial charge in [-0.25, -0.2) is 4.79 Å². The van der Waals surface area contributed by atoms with E-state index < -0.39 is 12.2 Å². The van der Waals surface area contributed by atoms with E-state index in [1.165, 1.54) is 0 Å². The number of nitrogens with two attached hydrogens (primary N) is 1. The molecule has 100 valence electrons. The van der Waals surface area contributed by atoms with E-state index in [1.807, 2.05) is 13.8 Å². The quantitative estimate of drug-likeness (QED) is 0.696. The number of nitrogens with one attached hydrogen (secondary N) is 1. The Labute approximate surface area is 107 Å². The van der Waals surface area contributed by atoms with Gasteiger partial charge in [0.2, 0.25) is 0 Å². The SMILES string of the molecule is CC(C)COC(=O)NCC(O)c1ccc(N)cc1. The summed E-state index contributed by atoms with van der Waals surface area (Å²) in [6.45, 7) is 4.39. The Morgan fingerprint density at radius 3 is 2.56 bits per heavy atom. The molecule has 1 aromatic rings. The maximum Gasteiger partial charge on any atom is 0.407 e. The summed E-state index contributed by atoms with van der Waals surface area (Å²) in [6.07, 6.45) is -1.28. The Balaban J connectivity index is 2.34. The van der Waals surface area contributed by atoms with Crippen molar-refractivity contribution in [2.75, 3.05) is 18.9 Å². The van der Waals surface area contributed by atoms with Crippen LogP contribution in [0.5, 0.6) is 0 Å². The van der Waals surface area contributed by atoms with Gasteiger partial charge in [-0.3, -0.25) is 0 Å². The van der Waals surface area contributed by atoms with E-state index in [2.05, 4.69) is 5.32 Å². The minimum absolute atomic E-state index is 0.112. The highest BCUT2D eigenvalue weighted by atomic mass is 16.5. The molecule has 1 aromatic carbocycles. The maximum absolute atomic E-state index is 11.3. The van der Waals surface area contributed by atoms with E-state index in [0.717, 1.165) is 0 Å². The Kier molecular flexibility index (Phi) is 5.45. The molecule has 0 spiro atoms. The van der Waals surface area contributed by atoms with Crippen molar-refractivity contribution in [1.82, 2.24) is 5.32 Å². The molecule has 18 heavy (non-hydrogen) atoms. The molecule has 0 saturated carbocycles. The normalized spacial score (nSPS) is 12.2. The molecule has 0 saturated heterocycles. The minimum atomic E-state index is -0.766. The van der Waals surface area contributed by atoms with Crippen LogP contribution in [0.2, 0.25) is 0 Å². The van der Waals surface area contributed by atoms with Gasteiger partial charge < -0.3 is 20.9 Å². The summed E-state index contributed by atoms with van der Waals surface area (Å²) in [6, 6.07) is 6.85. The van der Waals surface area contributed by atoms with Crippen LogP contribution in [0.25, 0.3) is 0 Å². The van der Waals surface area contributed by atoms with Crippen molar-refractivity contribution >= 4 is 11.8 Å². The van der Waals surface area contributed by atoms with Crippen molar-refractivity contribution in [1.29, 1.82) is 0 Å². The van der Waals surface area contributed by atoms with E-state index in [1.54, 1.807) is 24.3 Å². The molecule has 0 aliphatic carbocycles. The van der Waals surface area contributed by atoms with Gasteiger partial charge in [0.1, 0.15) is 0 Å². The number of nitrogen functional groups attached to an aromatic ring is 1. The Morgan fingerprint density at radius 1 is 1.39 bits per heavy atom. The van der Waals surface area contributed by atoms with Gasteiger partial charge in [-0.05, 0) is 23.6 Å². The third-order valence-corrected chi connectivity index (χ3v) is 2.31. The summed E-state index contributed by atoms with van der Waals surface area (Å²) in [5.41, 5.74) is 6.88. The zero-order chi connectivity index (χ0) is 13.5. The van der Waals surface area contributed by atoms with Crippen molar-refractivity contribution < 1.29 is 14.6 Å². The Morgan fingerprint density at radius 2 is 2.00 bits per heavy atom. The van der Waals surface area contributed by atoms with Gasteiger partial charge in [-0.15, -0.1) is 0 Å². The van der Waals surface area contributed by atoms with Crippen LogP contribution in [0.15, 0.2) is 24.3 Å². The van der Waals surface area contributed by atoms with E-state index >= 15 is 0 Å². The number of ether oxygens (including phenoxy) is 1. The van der Waals surface area contributed by atoms with Gasteiger partial charge in [0.15, 0.2) is 0 Å². The number of aliphatic hydroxyl groups is 1. The molecule has 4 N–H and O–H groups in total. The highest BCUT2D eigenvalue weighted by Crippen LogP contribution is 2.13. The van der Waals surface area contributed by atoms with Crippen LogP contribution < -0.4 is 11.1 Å². The molecule has 0 fully saturated rings. The molecule has 0 bridgehead atoms. The van der Waals surface area contributed by atoms with E-state index in [9.17, 15) is 9.90 Å². The van der Waals surface area contributed by atoms with Crippen molar-refractivity contribution in [3.63, 3.8) is 0 Å². The van der Waals surface area contributed by atoms with E-state index in [0.29, 0.717) is 17.9 Å². The first kappa shape index (κ1) is 14.3. The molecule has 1 unspecified atom stereocenters. The fourth-order valence-electron chi connectivity index (χ4n) is 1.31. The molecule has 1 amide bonds. The first-order valence-corrected chi connectivity index (χ1v) is 5.93. The molecule has 1 rings (SSSR count). The Bertz CT molecular complexity index is 376. The first-order chi connectivity index (χ1) is 8.49. The number of rotatable bonds is 5. The minimum Gasteiger partial charge on any atom is -0.449 e. The van der Waals surface area contributed by atoms with Crippen molar-refractivity contribution in [2.45, 2.75) is 20.0 Å². The number of aliphatic hydroxyl groups excluding tert-OH is 1. The predicted molar refractivity (Wildman–Crippen MR) is 70.0 cm³/mol. The van der Waals surface area contributed by atoms with Crippen molar-refractivity contribution in [2.24, 2.45) is 5.92 Å². The summed E-state index contributed by atoms with van der Waals surface area (Å²) in [5.74, 6) is 0.290. The second-order valence-electron chi connectivity index (χ2n) is 4.56. The van der Waals surface area contributed by atoms with Gasteiger partial charge in [-0.1, -0.05) is 26.0 Å². The highest BCUT2D eigenvalue weighted by Gasteiger charge is 2.10. The number of alkyl carbamates (subject to hydrolysis) is 1. The average Bonchev–Trinajstić information content (AvgIpc) is 2.34. The number of carbonyl (C=O) groups is 1. The summed E-state index contributed by atoms with van der Waals surface area (Å²) in [7, 11) is 0. The summed E-state index contributed by atoms with van der Waals surface area (Å²) in [4.78, 5) is 11.3. The number of hydrogen-bond donors (Lipinski definition) is 3. The van der Waals surface area contributed by atoms with Crippen LogP contribution in [0.3, 0.4) is 0 Å². The molecule has 0 aliphatic rings. The van der Waals surface area contributed by atoms with Crippen LogP contribution in [0.1, 0.15) is 25.5 Å². The zero-order valence-corrected chi connectivity index (χ0v) is 10.7. The molecule has 0 aliphatic heterocycles. The molecular weight excluding hydrogens is 232 g/mol. The molecule has 1 atom stereocenters. The third-order valence-electron chi connectivity index (χ3n) is 2.31. The number of hydrogen-bond acceptors (Lipinski definition) is 4. The van der Waals surface area contributed by atoms with Gasteiger partial charge in [0, 0.05) is 5.69 Å². The zero-order valence-electron chi connectivity index (χ0n) is 10.7. The summed E-state index contributed by atoms with van der Waals surface area (Å²) < 4.78 is 4.93. The molecule has 5 heteroatoms. The molecule has 5 nitrogen and oxygen atoms in total. The molecule has 0 aromatic heterocycles. The topological polar surface area (TPSA) is 84.6 Å². The first-order valence-electron chi connectivity index (χ1n) is 5.93. The molecule has 0 heterocycles. The van der Waals surface area contributed by atoms with Gasteiger partial charge >= 0.3 is 6.09 Å². The predicted octanol–water partition coefficient (Wildman–Crippen LogP) is 1.68. The smallest absolute Gasteiger partial charge is 0.407 e. The van der Waals surface area contributed by atoms with Crippen LogP contribution in [-0.4, -0.2) is 24.4 Å². The largest absolute Gasteiger partial charge is 0.449 e. The van der Waals surface area contributed by atoms with E-state index in [-0.39, 0.29) is 12.5 Å². The fraction of sp³-hybridized carbons (Fsp3) is 0.462. The van der Waals surface area contributed by atoms with Crippen LogP contribution in [0, 0.1) is 5.92 Å². The van der Waals surface area contributed by atoms with Crippen LogP contribution in [0.4, 0.5) is 10.5 Å². The third kappa shape index (κ3) is 5.05. The lowest BCUT2D eigenvalue weighted by Crippen LogP contribution is -2.29. The number of carbonyl (C=O) groups excluding carboxylic acids is 1. The average molecular weight is 252 g/mol. The van der Waals surface area contributed by atoms with E-state index in [4.69, 9.17) is 10.5 Å². The second kappa shape index (κ2) is 6.86. The van der Waals surface area contributed by atoms with Crippen molar-refractivity contribution in [3.05, 3.63) is 29.8 Å². The Hall–Kier alpha value is -1.75. The van der Waals surface area contributed by atoms with Crippen molar-refractivity contribution in [3.8, 4) is 0 Å². The van der Waals surface area contributed by atoms with Crippen LogP contribution in [-0.2, 0) is 4.74 Å². The van der Waals surface area contributed by atoms with Crippen LogP contribution >= 0.6 is 0 Å². The highest BCUT2D eigenvalue weighted by molar-refractivity contribution is 5.67. The molecule has 0 radical (unpaired) electrons. The standard InChI is InChI=1S/C13H20N2O3/c1-9(2)8-18-13(17)15-7-12(16)10-3-5-11(14)6-4-10/h3-6,9,12,16H,7-8,14H2,1-2H3,(H,15,17). The fourth-order valence-corrected chi connectivity index (χ4v) is 1.31. The summed E-state index contributed by atoms with van der Waals surface area (Å²) in [5, 5.41) is 12.3. The second-order valence-corrected chi connectivity index (χ2v) is 4.56. The number of amides is 1. The lowest BCUT2D eigenvalue weighted by atomic mass is 10.1. The van der Waals surface area contributed by atoms with Gasteiger partial charge in [-0.2, -0.15) is 0 Å². The number of benzene rings is 1. The monoisotopic (exact) mass is 252 g/mol. The maximum atomic E-state index is 11.3. The summed E-state index contributed by atoms with van der Waals surface area (Å²) >= 11 is 0.